The lowest BCUT2D eigenvalue weighted by Crippen LogP contribution is -2.29. The van der Waals surface area contributed by atoms with Crippen LogP contribution >= 0.6 is 0 Å². The maximum atomic E-state index is 12.6. The fraction of sp³-hybridized carbons (Fsp3) is 0.318. The third kappa shape index (κ3) is 4.63. The van der Waals surface area contributed by atoms with E-state index in [4.69, 9.17) is 4.74 Å². The standard InChI is InChI=1S/C22H26N4O3/c1-4-25(5-2)14-15-26-19-9-7-6-8-18(19)23-22(26)24-21(28)20(27)16-10-12-17(29-3)13-11-16/h6-13H,4-5,14-15H2,1-3H3,(H,23,24,28). The number of ketones is 1. The van der Waals surface area contributed by atoms with Crippen molar-refractivity contribution in [2.24, 2.45) is 0 Å². The summed E-state index contributed by atoms with van der Waals surface area (Å²) >= 11 is 0. The molecule has 0 unspecified atom stereocenters. The van der Waals surface area contributed by atoms with Crippen LogP contribution < -0.4 is 10.1 Å². The zero-order valence-corrected chi connectivity index (χ0v) is 17.0. The summed E-state index contributed by atoms with van der Waals surface area (Å²) < 4.78 is 7.04. The highest BCUT2D eigenvalue weighted by atomic mass is 16.5. The highest BCUT2D eigenvalue weighted by molar-refractivity contribution is 6.46. The summed E-state index contributed by atoms with van der Waals surface area (Å²) in [7, 11) is 1.55. The lowest BCUT2D eigenvalue weighted by Gasteiger charge is -2.19. The van der Waals surface area contributed by atoms with Gasteiger partial charge in [-0.2, -0.15) is 0 Å². The van der Waals surface area contributed by atoms with Crippen molar-refractivity contribution in [2.45, 2.75) is 20.4 Å². The van der Waals surface area contributed by atoms with Gasteiger partial charge in [-0.3, -0.25) is 14.9 Å². The molecule has 0 aliphatic heterocycles. The number of likely N-dealkylation sites (N-methyl/N-ethyl adjacent to an activating group) is 1. The molecule has 0 saturated carbocycles. The molecule has 1 heterocycles. The number of methoxy groups -OCH3 is 1. The molecule has 2 aromatic carbocycles. The lowest BCUT2D eigenvalue weighted by atomic mass is 10.1. The molecule has 1 aromatic heterocycles. The topological polar surface area (TPSA) is 76.5 Å². The molecule has 0 bridgehead atoms. The van der Waals surface area contributed by atoms with Crippen molar-refractivity contribution < 1.29 is 14.3 Å². The van der Waals surface area contributed by atoms with Crippen molar-refractivity contribution in [1.29, 1.82) is 0 Å². The number of ether oxygens (including phenoxy) is 1. The predicted octanol–water partition coefficient (Wildman–Crippen LogP) is 3.21. The van der Waals surface area contributed by atoms with Crippen LogP contribution in [0.1, 0.15) is 24.2 Å². The first-order valence-electron chi connectivity index (χ1n) is 9.74. The molecule has 0 spiro atoms. The van der Waals surface area contributed by atoms with Crippen LogP contribution in [-0.4, -0.2) is 52.9 Å². The molecule has 1 amide bonds. The van der Waals surface area contributed by atoms with Gasteiger partial charge in [-0.15, -0.1) is 0 Å². The van der Waals surface area contributed by atoms with E-state index in [1.807, 2.05) is 28.8 Å². The Hall–Kier alpha value is -3.19. The minimum atomic E-state index is -0.713. The first-order valence-corrected chi connectivity index (χ1v) is 9.74. The van der Waals surface area contributed by atoms with E-state index in [-0.39, 0.29) is 0 Å². The normalized spacial score (nSPS) is 11.0. The molecule has 1 N–H and O–H groups in total. The molecule has 3 aromatic rings. The van der Waals surface area contributed by atoms with Crippen LogP contribution in [0.4, 0.5) is 5.95 Å². The molecule has 7 nitrogen and oxygen atoms in total. The van der Waals surface area contributed by atoms with Gasteiger partial charge in [-0.1, -0.05) is 26.0 Å². The van der Waals surface area contributed by atoms with Gasteiger partial charge in [-0.05, 0) is 49.5 Å². The van der Waals surface area contributed by atoms with Gasteiger partial charge in [0.25, 0.3) is 11.7 Å². The van der Waals surface area contributed by atoms with E-state index in [1.54, 1.807) is 31.4 Å². The zero-order chi connectivity index (χ0) is 20.8. The number of anilines is 1. The van der Waals surface area contributed by atoms with Gasteiger partial charge >= 0.3 is 0 Å². The highest BCUT2D eigenvalue weighted by Crippen LogP contribution is 2.20. The number of aromatic nitrogens is 2. The highest BCUT2D eigenvalue weighted by Gasteiger charge is 2.20. The smallest absolute Gasteiger partial charge is 0.299 e. The van der Waals surface area contributed by atoms with E-state index in [0.29, 0.717) is 23.8 Å². The van der Waals surface area contributed by atoms with Gasteiger partial charge in [0.05, 0.1) is 18.1 Å². The number of nitrogens with one attached hydrogen (secondary N) is 1. The number of hydrogen-bond donors (Lipinski definition) is 1. The molecule has 0 radical (unpaired) electrons. The second kappa shape index (κ2) is 9.34. The molecule has 0 saturated heterocycles. The Morgan fingerprint density at radius 1 is 1.07 bits per heavy atom. The van der Waals surface area contributed by atoms with E-state index in [9.17, 15) is 9.59 Å². The van der Waals surface area contributed by atoms with Gasteiger partial charge < -0.3 is 14.2 Å². The molecule has 0 atom stereocenters. The molecule has 0 aliphatic rings. The molecule has 0 aliphatic carbocycles. The van der Waals surface area contributed by atoms with Crippen LogP contribution in [0, 0.1) is 0 Å². The van der Waals surface area contributed by atoms with Crippen LogP contribution in [0.2, 0.25) is 0 Å². The number of para-hydroxylation sites is 2. The van der Waals surface area contributed by atoms with Crippen molar-refractivity contribution in [1.82, 2.24) is 14.5 Å². The van der Waals surface area contributed by atoms with Gasteiger partial charge in [0, 0.05) is 18.7 Å². The molecule has 7 heteroatoms. The van der Waals surface area contributed by atoms with Gasteiger partial charge in [0.2, 0.25) is 5.95 Å². The summed E-state index contributed by atoms with van der Waals surface area (Å²) in [6.07, 6.45) is 0. The monoisotopic (exact) mass is 394 g/mol. The molecule has 152 valence electrons. The van der Waals surface area contributed by atoms with Gasteiger partial charge in [-0.25, -0.2) is 4.98 Å². The summed E-state index contributed by atoms with van der Waals surface area (Å²) in [6.45, 7) is 7.61. The second-order valence-electron chi connectivity index (χ2n) is 6.61. The quantitative estimate of drug-likeness (QED) is 0.445. The summed E-state index contributed by atoms with van der Waals surface area (Å²) in [4.78, 5) is 31.9. The molecule has 29 heavy (non-hydrogen) atoms. The van der Waals surface area contributed by atoms with E-state index < -0.39 is 11.7 Å². The van der Waals surface area contributed by atoms with Crippen LogP contribution in [0.5, 0.6) is 5.75 Å². The Balaban J connectivity index is 1.83. The van der Waals surface area contributed by atoms with E-state index in [2.05, 4.69) is 29.0 Å². The van der Waals surface area contributed by atoms with Crippen LogP contribution in [0.25, 0.3) is 11.0 Å². The predicted molar refractivity (Wildman–Crippen MR) is 113 cm³/mol. The number of rotatable bonds is 9. The average molecular weight is 394 g/mol. The molecular weight excluding hydrogens is 368 g/mol. The Morgan fingerprint density at radius 3 is 2.41 bits per heavy atom. The van der Waals surface area contributed by atoms with Crippen molar-refractivity contribution in [3.05, 3.63) is 54.1 Å². The van der Waals surface area contributed by atoms with E-state index in [1.165, 1.54) is 0 Å². The summed E-state index contributed by atoms with van der Waals surface area (Å²) in [5.41, 5.74) is 2.00. The van der Waals surface area contributed by atoms with E-state index >= 15 is 0 Å². The molecular formula is C22H26N4O3. The summed E-state index contributed by atoms with van der Waals surface area (Å²) in [6, 6.07) is 14.1. The number of fused-ring (bicyclic) bond motifs is 1. The largest absolute Gasteiger partial charge is 0.497 e. The van der Waals surface area contributed by atoms with Crippen LogP contribution in [0.15, 0.2) is 48.5 Å². The van der Waals surface area contributed by atoms with Crippen LogP contribution in [0.3, 0.4) is 0 Å². The van der Waals surface area contributed by atoms with Gasteiger partial charge in [0.15, 0.2) is 0 Å². The minimum absolute atomic E-state index is 0.300. The Morgan fingerprint density at radius 2 is 1.76 bits per heavy atom. The molecule has 3 rings (SSSR count). The number of Topliss-reactive ketones (excluding diaryl/α,β-unsaturated/α-hetero) is 1. The molecule has 0 fully saturated rings. The van der Waals surface area contributed by atoms with Crippen molar-refractivity contribution >= 4 is 28.7 Å². The van der Waals surface area contributed by atoms with Crippen molar-refractivity contribution in [3.8, 4) is 5.75 Å². The Labute approximate surface area is 170 Å². The Bertz CT molecular complexity index is 991. The summed E-state index contributed by atoms with van der Waals surface area (Å²) in [5, 5.41) is 2.70. The average Bonchev–Trinajstić information content (AvgIpc) is 3.11. The van der Waals surface area contributed by atoms with Crippen molar-refractivity contribution in [3.63, 3.8) is 0 Å². The zero-order valence-electron chi connectivity index (χ0n) is 17.0. The van der Waals surface area contributed by atoms with Gasteiger partial charge in [0.1, 0.15) is 5.75 Å². The number of nitrogens with zero attached hydrogens (tertiary/aromatic N) is 3. The maximum absolute atomic E-state index is 12.6. The number of imidazole rings is 1. The third-order valence-electron chi connectivity index (χ3n) is 4.97. The fourth-order valence-corrected chi connectivity index (χ4v) is 3.21. The number of benzene rings is 2. The first-order chi connectivity index (χ1) is 14.1. The SMILES string of the molecule is CCN(CC)CCn1c(NC(=O)C(=O)c2ccc(OC)cc2)nc2ccccc21. The van der Waals surface area contributed by atoms with Crippen LogP contribution in [-0.2, 0) is 11.3 Å². The number of carbonyl (C=O) groups is 2. The van der Waals surface area contributed by atoms with Crippen molar-refractivity contribution in [2.75, 3.05) is 32.1 Å². The number of hydrogen-bond acceptors (Lipinski definition) is 5. The minimum Gasteiger partial charge on any atom is -0.497 e. The first kappa shape index (κ1) is 20.5. The number of carbonyl (C=O) groups excluding carboxylic acids is 2. The third-order valence-corrected chi connectivity index (χ3v) is 4.97. The maximum Gasteiger partial charge on any atom is 0.299 e. The fourth-order valence-electron chi connectivity index (χ4n) is 3.21. The summed E-state index contributed by atoms with van der Waals surface area (Å²) in [5.74, 6) is -0.324. The van der Waals surface area contributed by atoms with E-state index in [0.717, 1.165) is 30.7 Å². The Kier molecular flexibility index (Phi) is 6.61. The number of amides is 1. The lowest BCUT2D eigenvalue weighted by molar-refractivity contribution is -0.112. The second-order valence-corrected chi connectivity index (χ2v) is 6.61.